The summed E-state index contributed by atoms with van der Waals surface area (Å²) in [6.07, 6.45) is 0.723. The minimum absolute atomic E-state index is 0.0765. The SMILES string of the molecule is CC(C)(C)CCOC(=O)c1cc(Cl)ccc1F. The van der Waals surface area contributed by atoms with Gasteiger partial charge >= 0.3 is 5.97 Å². The van der Waals surface area contributed by atoms with Gasteiger partial charge in [-0.15, -0.1) is 0 Å². The topological polar surface area (TPSA) is 26.3 Å². The molecule has 0 aromatic heterocycles. The van der Waals surface area contributed by atoms with Crippen LogP contribution in [0.4, 0.5) is 4.39 Å². The molecule has 17 heavy (non-hydrogen) atoms. The molecule has 94 valence electrons. The van der Waals surface area contributed by atoms with Gasteiger partial charge in [-0.2, -0.15) is 0 Å². The number of hydrogen-bond donors (Lipinski definition) is 0. The van der Waals surface area contributed by atoms with Gasteiger partial charge in [0, 0.05) is 5.02 Å². The van der Waals surface area contributed by atoms with E-state index in [-0.39, 0.29) is 17.6 Å². The van der Waals surface area contributed by atoms with Crippen LogP contribution >= 0.6 is 11.6 Å². The third kappa shape index (κ3) is 4.73. The van der Waals surface area contributed by atoms with E-state index in [9.17, 15) is 9.18 Å². The molecular formula is C13H16ClFO2. The quantitative estimate of drug-likeness (QED) is 0.764. The molecule has 0 atom stereocenters. The van der Waals surface area contributed by atoms with Crippen LogP contribution in [0.1, 0.15) is 37.6 Å². The summed E-state index contributed by atoms with van der Waals surface area (Å²) < 4.78 is 18.3. The summed E-state index contributed by atoms with van der Waals surface area (Å²) in [5.41, 5.74) is -0.0425. The summed E-state index contributed by atoms with van der Waals surface area (Å²) >= 11 is 5.69. The number of hydrogen-bond acceptors (Lipinski definition) is 2. The van der Waals surface area contributed by atoms with E-state index < -0.39 is 11.8 Å². The predicted octanol–water partition coefficient (Wildman–Crippen LogP) is 4.07. The van der Waals surface area contributed by atoms with Gasteiger partial charge in [0.25, 0.3) is 0 Å². The zero-order valence-corrected chi connectivity index (χ0v) is 11.0. The molecule has 1 aromatic rings. The average molecular weight is 259 g/mol. The smallest absolute Gasteiger partial charge is 0.341 e. The second-order valence-electron chi connectivity index (χ2n) is 5.07. The number of benzene rings is 1. The van der Waals surface area contributed by atoms with Gasteiger partial charge in [-0.05, 0) is 30.0 Å². The van der Waals surface area contributed by atoms with E-state index >= 15 is 0 Å². The number of carbonyl (C=O) groups excluding carboxylic acids is 1. The number of esters is 1. The molecule has 0 heterocycles. The first-order valence-corrected chi connectivity index (χ1v) is 5.79. The lowest BCUT2D eigenvalue weighted by atomic mass is 9.93. The Bertz CT molecular complexity index is 410. The van der Waals surface area contributed by atoms with Crippen LogP contribution in [0, 0.1) is 11.2 Å². The van der Waals surface area contributed by atoms with Crippen molar-refractivity contribution in [3.8, 4) is 0 Å². The van der Waals surface area contributed by atoms with Crippen LogP contribution in [-0.4, -0.2) is 12.6 Å². The van der Waals surface area contributed by atoms with E-state index in [4.69, 9.17) is 16.3 Å². The van der Waals surface area contributed by atoms with E-state index in [0.717, 1.165) is 12.5 Å². The van der Waals surface area contributed by atoms with Gasteiger partial charge in [-0.1, -0.05) is 32.4 Å². The molecule has 0 amide bonds. The highest BCUT2D eigenvalue weighted by atomic mass is 35.5. The molecule has 0 aliphatic carbocycles. The highest BCUT2D eigenvalue weighted by Crippen LogP contribution is 2.19. The van der Waals surface area contributed by atoms with Crippen LogP contribution in [0.5, 0.6) is 0 Å². The summed E-state index contributed by atoms with van der Waals surface area (Å²) in [4.78, 5) is 11.6. The van der Waals surface area contributed by atoms with Crippen molar-refractivity contribution in [1.29, 1.82) is 0 Å². The lowest BCUT2D eigenvalue weighted by Crippen LogP contribution is -2.14. The molecule has 0 spiro atoms. The van der Waals surface area contributed by atoms with Crippen molar-refractivity contribution < 1.29 is 13.9 Å². The minimum Gasteiger partial charge on any atom is -0.462 e. The van der Waals surface area contributed by atoms with Crippen LogP contribution in [0.2, 0.25) is 5.02 Å². The van der Waals surface area contributed by atoms with Crippen LogP contribution in [0.3, 0.4) is 0 Å². The molecule has 0 saturated heterocycles. The van der Waals surface area contributed by atoms with Crippen molar-refractivity contribution in [2.75, 3.05) is 6.61 Å². The molecule has 0 fully saturated rings. The molecule has 0 aliphatic heterocycles. The Morgan fingerprint density at radius 1 is 1.41 bits per heavy atom. The molecule has 0 saturated carbocycles. The van der Waals surface area contributed by atoms with Gasteiger partial charge < -0.3 is 4.74 Å². The Morgan fingerprint density at radius 3 is 2.65 bits per heavy atom. The molecule has 0 radical (unpaired) electrons. The molecule has 4 heteroatoms. The molecule has 0 unspecified atom stereocenters. The highest BCUT2D eigenvalue weighted by Gasteiger charge is 2.16. The van der Waals surface area contributed by atoms with Gasteiger partial charge in [0.15, 0.2) is 0 Å². The number of ether oxygens (including phenoxy) is 1. The van der Waals surface area contributed by atoms with E-state index in [1.54, 1.807) is 0 Å². The summed E-state index contributed by atoms with van der Waals surface area (Å²) in [6, 6.07) is 3.82. The summed E-state index contributed by atoms with van der Waals surface area (Å²) in [5, 5.41) is 0.314. The Kier molecular flexibility index (Phi) is 4.52. The van der Waals surface area contributed by atoms with Gasteiger partial charge in [0.05, 0.1) is 12.2 Å². The zero-order chi connectivity index (χ0) is 13.1. The molecule has 0 bridgehead atoms. The van der Waals surface area contributed by atoms with Crippen molar-refractivity contribution in [1.82, 2.24) is 0 Å². The molecule has 0 N–H and O–H groups in total. The fourth-order valence-electron chi connectivity index (χ4n) is 1.18. The van der Waals surface area contributed by atoms with E-state index in [1.807, 2.05) is 20.8 Å². The first kappa shape index (κ1) is 14.0. The Hall–Kier alpha value is -1.09. The zero-order valence-electron chi connectivity index (χ0n) is 10.2. The summed E-state index contributed by atoms with van der Waals surface area (Å²) in [6.45, 7) is 6.40. The maximum atomic E-state index is 13.3. The van der Waals surface area contributed by atoms with E-state index in [0.29, 0.717) is 5.02 Å². The highest BCUT2D eigenvalue weighted by molar-refractivity contribution is 6.30. The van der Waals surface area contributed by atoms with Crippen LogP contribution in [0.25, 0.3) is 0 Å². The maximum Gasteiger partial charge on any atom is 0.341 e. The average Bonchev–Trinajstić information content (AvgIpc) is 2.19. The van der Waals surface area contributed by atoms with Crippen molar-refractivity contribution >= 4 is 17.6 Å². The van der Waals surface area contributed by atoms with Crippen molar-refractivity contribution in [3.05, 3.63) is 34.6 Å². The predicted molar refractivity (Wildman–Crippen MR) is 65.8 cm³/mol. The molecule has 1 aromatic carbocycles. The third-order valence-corrected chi connectivity index (χ3v) is 2.47. The normalized spacial score (nSPS) is 11.4. The van der Waals surface area contributed by atoms with Gasteiger partial charge in [-0.25, -0.2) is 9.18 Å². The van der Waals surface area contributed by atoms with Crippen molar-refractivity contribution in [2.45, 2.75) is 27.2 Å². The second kappa shape index (κ2) is 5.50. The summed E-state index contributed by atoms with van der Waals surface area (Å²) in [7, 11) is 0. The Balaban J connectivity index is 2.61. The first-order chi connectivity index (χ1) is 7.79. The standard InChI is InChI=1S/C13H16ClFO2/c1-13(2,3)6-7-17-12(16)10-8-9(14)4-5-11(10)15/h4-5,8H,6-7H2,1-3H3. The second-order valence-corrected chi connectivity index (χ2v) is 5.51. The van der Waals surface area contributed by atoms with Crippen LogP contribution < -0.4 is 0 Å². The van der Waals surface area contributed by atoms with Crippen molar-refractivity contribution in [3.63, 3.8) is 0 Å². The fourth-order valence-corrected chi connectivity index (χ4v) is 1.35. The van der Waals surface area contributed by atoms with Gasteiger partial charge in [0.1, 0.15) is 5.82 Å². The Morgan fingerprint density at radius 2 is 2.06 bits per heavy atom. The van der Waals surface area contributed by atoms with E-state index in [2.05, 4.69) is 0 Å². The lowest BCUT2D eigenvalue weighted by Gasteiger charge is -2.17. The van der Waals surface area contributed by atoms with Gasteiger partial charge in [0.2, 0.25) is 0 Å². The molecule has 0 aliphatic rings. The number of halogens is 2. The maximum absolute atomic E-state index is 13.3. The Labute approximate surface area is 106 Å². The van der Waals surface area contributed by atoms with Crippen LogP contribution in [0.15, 0.2) is 18.2 Å². The van der Waals surface area contributed by atoms with Crippen molar-refractivity contribution in [2.24, 2.45) is 5.41 Å². The summed E-state index contributed by atoms with van der Waals surface area (Å²) in [5.74, 6) is -1.29. The molecular weight excluding hydrogens is 243 g/mol. The monoisotopic (exact) mass is 258 g/mol. The largest absolute Gasteiger partial charge is 0.462 e. The van der Waals surface area contributed by atoms with E-state index in [1.165, 1.54) is 12.1 Å². The minimum atomic E-state index is -0.672. The molecule has 2 nitrogen and oxygen atoms in total. The molecule has 1 rings (SSSR count). The van der Waals surface area contributed by atoms with Crippen LogP contribution in [-0.2, 0) is 4.74 Å². The third-order valence-electron chi connectivity index (χ3n) is 2.23. The lowest BCUT2D eigenvalue weighted by molar-refractivity contribution is 0.0459. The fraction of sp³-hybridized carbons (Fsp3) is 0.462. The number of rotatable bonds is 3. The van der Waals surface area contributed by atoms with Gasteiger partial charge in [-0.3, -0.25) is 0 Å². The number of carbonyl (C=O) groups is 1. The first-order valence-electron chi connectivity index (χ1n) is 5.42.